The van der Waals surface area contributed by atoms with Gasteiger partial charge in [0.05, 0.1) is 5.60 Å². The average molecular weight is 241 g/mol. The van der Waals surface area contributed by atoms with Crippen LogP contribution in [0.15, 0.2) is 0 Å². The predicted molar refractivity (Wildman–Crippen MR) is 74.3 cm³/mol. The van der Waals surface area contributed by atoms with E-state index in [-0.39, 0.29) is 5.60 Å². The van der Waals surface area contributed by atoms with E-state index in [1.807, 2.05) is 0 Å². The highest BCUT2D eigenvalue weighted by atomic mass is 16.3. The summed E-state index contributed by atoms with van der Waals surface area (Å²) in [5.41, 5.74) is -0.335. The second-order valence-corrected chi connectivity index (χ2v) is 5.76. The molecule has 1 saturated carbocycles. The Morgan fingerprint density at radius 1 is 1.06 bits per heavy atom. The van der Waals surface area contributed by atoms with Crippen molar-refractivity contribution in [3.05, 3.63) is 0 Å². The summed E-state index contributed by atoms with van der Waals surface area (Å²) in [6, 6.07) is 0.658. The first-order chi connectivity index (χ1) is 8.20. The molecule has 2 heteroatoms. The van der Waals surface area contributed by atoms with Gasteiger partial charge in [0.1, 0.15) is 0 Å². The van der Waals surface area contributed by atoms with Gasteiger partial charge in [-0.3, -0.25) is 0 Å². The first-order valence-electron chi connectivity index (χ1n) is 7.66. The summed E-state index contributed by atoms with van der Waals surface area (Å²) in [7, 11) is 0. The molecule has 1 aliphatic carbocycles. The molecule has 0 aliphatic heterocycles. The monoisotopic (exact) mass is 241 g/mol. The SMILES string of the molecule is CCCCCCC1(O)CCC(NCCC)CC1. The molecule has 0 aromatic rings. The fraction of sp³-hybridized carbons (Fsp3) is 1.00. The van der Waals surface area contributed by atoms with Crippen LogP contribution < -0.4 is 5.32 Å². The zero-order valence-electron chi connectivity index (χ0n) is 11.8. The summed E-state index contributed by atoms with van der Waals surface area (Å²) >= 11 is 0. The van der Waals surface area contributed by atoms with Crippen LogP contribution in [0.4, 0.5) is 0 Å². The Kier molecular flexibility index (Phi) is 7.14. The van der Waals surface area contributed by atoms with Crippen molar-refractivity contribution in [1.82, 2.24) is 5.32 Å². The fourth-order valence-electron chi connectivity index (χ4n) is 2.84. The topological polar surface area (TPSA) is 32.3 Å². The van der Waals surface area contributed by atoms with Crippen LogP contribution in [-0.4, -0.2) is 23.3 Å². The Labute approximate surface area is 107 Å². The van der Waals surface area contributed by atoms with Gasteiger partial charge >= 0.3 is 0 Å². The molecule has 1 rings (SSSR count). The minimum atomic E-state index is -0.335. The van der Waals surface area contributed by atoms with E-state index in [0.717, 1.165) is 38.6 Å². The van der Waals surface area contributed by atoms with Gasteiger partial charge < -0.3 is 10.4 Å². The lowest BCUT2D eigenvalue weighted by Crippen LogP contribution is -2.41. The van der Waals surface area contributed by atoms with Crippen molar-refractivity contribution in [2.75, 3.05) is 6.54 Å². The van der Waals surface area contributed by atoms with E-state index in [0.29, 0.717) is 6.04 Å². The number of nitrogens with one attached hydrogen (secondary N) is 1. The highest BCUT2D eigenvalue weighted by Crippen LogP contribution is 2.32. The Hall–Kier alpha value is -0.0800. The van der Waals surface area contributed by atoms with Crippen molar-refractivity contribution in [3.8, 4) is 0 Å². The molecule has 0 saturated heterocycles. The third-order valence-electron chi connectivity index (χ3n) is 4.10. The fourth-order valence-corrected chi connectivity index (χ4v) is 2.84. The molecule has 0 bridgehead atoms. The van der Waals surface area contributed by atoms with Crippen LogP contribution >= 0.6 is 0 Å². The van der Waals surface area contributed by atoms with Crippen LogP contribution in [-0.2, 0) is 0 Å². The quantitative estimate of drug-likeness (QED) is 0.636. The maximum Gasteiger partial charge on any atom is 0.0649 e. The van der Waals surface area contributed by atoms with E-state index in [1.54, 1.807) is 0 Å². The smallest absolute Gasteiger partial charge is 0.0649 e. The van der Waals surface area contributed by atoms with Gasteiger partial charge in [-0.25, -0.2) is 0 Å². The van der Waals surface area contributed by atoms with Gasteiger partial charge in [0.25, 0.3) is 0 Å². The molecule has 0 radical (unpaired) electrons. The molecule has 102 valence electrons. The van der Waals surface area contributed by atoms with Crippen molar-refractivity contribution in [3.63, 3.8) is 0 Å². The summed E-state index contributed by atoms with van der Waals surface area (Å²) in [5, 5.41) is 14.1. The Morgan fingerprint density at radius 3 is 2.35 bits per heavy atom. The van der Waals surface area contributed by atoms with Crippen molar-refractivity contribution in [2.24, 2.45) is 0 Å². The molecule has 17 heavy (non-hydrogen) atoms. The summed E-state index contributed by atoms with van der Waals surface area (Å²) in [4.78, 5) is 0. The molecular formula is C15H31NO. The number of unbranched alkanes of at least 4 members (excludes halogenated alkanes) is 3. The molecule has 2 nitrogen and oxygen atoms in total. The molecule has 2 N–H and O–H groups in total. The lowest BCUT2D eigenvalue weighted by molar-refractivity contribution is -0.0129. The summed E-state index contributed by atoms with van der Waals surface area (Å²) in [5.74, 6) is 0. The zero-order valence-corrected chi connectivity index (χ0v) is 11.8. The number of aliphatic hydroxyl groups is 1. The average Bonchev–Trinajstić information content (AvgIpc) is 2.34. The van der Waals surface area contributed by atoms with Gasteiger partial charge in [0.2, 0.25) is 0 Å². The Morgan fingerprint density at radius 2 is 1.76 bits per heavy atom. The van der Waals surface area contributed by atoms with Crippen molar-refractivity contribution < 1.29 is 5.11 Å². The minimum Gasteiger partial charge on any atom is -0.390 e. The molecule has 0 unspecified atom stereocenters. The van der Waals surface area contributed by atoms with Gasteiger partial charge in [-0.15, -0.1) is 0 Å². The van der Waals surface area contributed by atoms with Gasteiger partial charge in [-0.2, -0.15) is 0 Å². The lowest BCUT2D eigenvalue weighted by Gasteiger charge is -2.36. The molecule has 0 heterocycles. The highest BCUT2D eigenvalue weighted by molar-refractivity contribution is 4.87. The van der Waals surface area contributed by atoms with Crippen LogP contribution in [0, 0.1) is 0 Å². The molecule has 1 fully saturated rings. The van der Waals surface area contributed by atoms with Crippen LogP contribution in [0.5, 0.6) is 0 Å². The van der Waals surface area contributed by atoms with Crippen molar-refractivity contribution in [2.45, 2.75) is 89.7 Å². The molecule has 0 atom stereocenters. The molecule has 0 aromatic heterocycles. The molecule has 1 aliphatic rings. The largest absolute Gasteiger partial charge is 0.390 e. The number of hydrogen-bond acceptors (Lipinski definition) is 2. The zero-order chi connectivity index (χ0) is 12.6. The van der Waals surface area contributed by atoms with Crippen molar-refractivity contribution in [1.29, 1.82) is 0 Å². The normalized spacial score (nSPS) is 29.5. The van der Waals surface area contributed by atoms with E-state index in [9.17, 15) is 5.11 Å². The van der Waals surface area contributed by atoms with Crippen LogP contribution in [0.3, 0.4) is 0 Å². The van der Waals surface area contributed by atoms with Gasteiger partial charge in [-0.1, -0.05) is 39.5 Å². The van der Waals surface area contributed by atoms with Crippen LogP contribution in [0.2, 0.25) is 0 Å². The third kappa shape index (κ3) is 5.87. The third-order valence-corrected chi connectivity index (χ3v) is 4.10. The second-order valence-electron chi connectivity index (χ2n) is 5.76. The summed E-state index contributed by atoms with van der Waals surface area (Å²) in [6.07, 6.45) is 11.6. The molecule has 0 spiro atoms. The Balaban J connectivity index is 2.14. The van der Waals surface area contributed by atoms with Gasteiger partial charge in [0, 0.05) is 6.04 Å². The van der Waals surface area contributed by atoms with Crippen molar-refractivity contribution >= 4 is 0 Å². The molecular weight excluding hydrogens is 210 g/mol. The second kappa shape index (κ2) is 8.10. The van der Waals surface area contributed by atoms with E-state index in [2.05, 4.69) is 19.2 Å². The summed E-state index contributed by atoms with van der Waals surface area (Å²) in [6.45, 7) is 5.57. The van der Waals surface area contributed by atoms with E-state index < -0.39 is 0 Å². The van der Waals surface area contributed by atoms with E-state index >= 15 is 0 Å². The minimum absolute atomic E-state index is 0.335. The number of hydrogen-bond donors (Lipinski definition) is 2. The Bertz CT molecular complexity index is 185. The van der Waals surface area contributed by atoms with Crippen LogP contribution in [0.1, 0.15) is 78.1 Å². The molecule has 0 amide bonds. The number of rotatable bonds is 8. The first kappa shape index (κ1) is 15.0. The molecule has 0 aromatic carbocycles. The van der Waals surface area contributed by atoms with E-state index in [4.69, 9.17) is 0 Å². The lowest BCUT2D eigenvalue weighted by atomic mass is 9.79. The van der Waals surface area contributed by atoms with Crippen LogP contribution in [0.25, 0.3) is 0 Å². The van der Waals surface area contributed by atoms with Gasteiger partial charge in [-0.05, 0) is 45.1 Å². The van der Waals surface area contributed by atoms with E-state index in [1.165, 1.54) is 32.1 Å². The highest BCUT2D eigenvalue weighted by Gasteiger charge is 2.32. The first-order valence-corrected chi connectivity index (χ1v) is 7.66. The standard InChI is InChI=1S/C15H31NO/c1-3-5-6-7-10-15(17)11-8-14(9-12-15)16-13-4-2/h14,16-17H,3-13H2,1-2H3. The van der Waals surface area contributed by atoms with Gasteiger partial charge in [0.15, 0.2) is 0 Å². The summed E-state index contributed by atoms with van der Waals surface area (Å²) < 4.78 is 0. The maximum absolute atomic E-state index is 10.5. The predicted octanol–water partition coefficient (Wildman–Crippen LogP) is 3.63. The maximum atomic E-state index is 10.5.